The highest BCUT2D eigenvalue weighted by molar-refractivity contribution is 9.10. The fraction of sp³-hybridized carbons (Fsp3) is 0.125. The van der Waals surface area contributed by atoms with E-state index >= 15 is 0 Å². The van der Waals surface area contributed by atoms with Crippen LogP contribution in [0.1, 0.15) is 0 Å². The molecule has 0 unspecified atom stereocenters. The quantitative estimate of drug-likeness (QED) is 0.889. The van der Waals surface area contributed by atoms with Crippen molar-refractivity contribution in [2.24, 2.45) is 5.73 Å². The number of nitrogens with two attached hydrogens (primary N) is 1. The molecule has 0 saturated heterocycles. The SMILES string of the molecule is COc1cc(Br)c(F)cc1OC(N)=O. The van der Waals surface area contributed by atoms with E-state index in [1.807, 2.05) is 0 Å². The van der Waals surface area contributed by atoms with Crippen LogP contribution in [0.15, 0.2) is 16.6 Å². The second-order valence-electron chi connectivity index (χ2n) is 2.34. The van der Waals surface area contributed by atoms with Crippen LogP contribution in [0.25, 0.3) is 0 Å². The summed E-state index contributed by atoms with van der Waals surface area (Å²) in [5.74, 6) is -0.403. The zero-order valence-corrected chi connectivity index (χ0v) is 8.80. The van der Waals surface area contributed by atoms with Crippen molar-refractivity contribution >= 4 is 22.0 Å². The minimum absolute atomic E-state index is 0.0549. The summed E-state index contributed by atoms with van der Waals surface area (Å²) in [7, 11) is 1.37. The molecule has 14 heavy (non-hydrogen) atoms. The third kappa shape index (κ3) is 2.35. The highest BCUT2D eigenvalue weighted by Crippen LogP contribution is 2.32. The van der Waals surface area contributed by atoms with E-state index < -0.39 is 11.9 Å². The molecule has 0 bridgehead atoms. The summed E-state index contributed by atoms with van der Waals surface area (Å²) in [4.78, 5) is 10.4. The molecule has 0 atom stereocenters. The molecule has 0 aliphatic heterocycles. The lowest BCUT2D eigenvalue weighted by molar-refractivity contribution is 0.208. The molecule has 1 aromatic carbocycles. The van der Waals surface area contributed by atoms with Gasteiger partial charge in [0.15, 0.2) is 11.5 Å². The Labute approximate surface area is 87.9 Å². The standard InChI is InChI=1S/C8H7BrFNO3/c1-13-6-2-4(9)5(10)3-7(6)14-8(11)12/h2-3H,1H3,(H2,11,12). The number of carbonyl (C=O) groups excluding carboxylic acids is 1. The van der Waals surface area contributed by atoms with Gasteiger partial charge in [0.2, 0.25) is 0 Å². The fourth-order valence-corrected chi connectivity index (χ4v) is 1.18. The summed E-state index contributed by atoms with van der Waals surface area (Å²) in [5.41, 5.74) is 4.79. The number of rotatable bonds is 2. The highest BCUT2D eigenvalue weighted by atomic mass is 79.9. The number of carbonyl (C=O) groups is 1. The van der Waals surface area contributed by atoms with Crippen LogP contribution in [0.2, 0.25) is 0 Å². The first-order chi connectivity index (χ1) is 6.54. The molecule has 1 aromatic rings. The number of primary amides is 1. The molecule has 4 nitrogen and oxygen atoms in total. The Balaban J connectivity index is 3.13. The summed E-state index contributed by atoms with van der Waals surface area (Å²) in [5, 5.41) is 0. The van der Waals surface area contributed by atoms with Crippen molar-refractivity contribution in [2.75, 3.05) is 7.11 Å². The Kier molecular flexibility index (Phi) is 3.29. The first kappa shape index (κ1) is 10.8. The van der Waals surface area contributed by atoms with Crippen LogP contribution in [0.3, 0.4) is 0 Å². The molecule has 0 aliphatic rings. The van der Waals surface area contributed by atoms with Gasteiger partial charge in [0.1, 0.15) is 5.82 Å². The van der Waals surface area contributed by atoms with Gasteiger partial charge in [0.25, 0.3) is 0 Å². The molecule has 1 rings (SSSR count). The highest BCUT2D eigenvalue weighted by Gasteiger charge is 2.11. The van der Waals surface area contributed by atoms with E-state index in [0.717, 1.165) is 6.07 Å². The van der Waals surface area contributed by atoms with Gasteiger partial charge >= 0.3 is 6.09 Å². The van der Waals surface area contributed by atoms with Gasteiger partial charge in [-0.05, 0) is 15.9 Å². The molecular formula is C8H7BrFNO3. The van der Waals surface area contributed by atoms with E-state index in [0.29, 0.717) is 0 Å². The van der Waals surface area contributed by atoms with Gasteiger partial charge in [-0.3, -0.25) is 0 Å². The predicted octanol–water partition coefficient (Wildman–Crippen LogP) is 2.05. The van der Waals surface area contributed by atoms with E-state index in [1.165, 1.54) is 13.2 Å². The molecule has 76 valence electrons. The molecule has 0 saturated carbocycles. The van der Waals surface area contributed by atoms with Crippen LogP contribution in [0.5, 0.6) is 11.5 Å². The lowest BCUT2D eigenvalue weighted by Gasteiger charge is -2.08. The van der Waals surface area contributed by atoms with Crippen LogP contribution in [0.4, 0.5) is 9.18 Å². The largest absolute Gasteiger partial charge is 0.493 e. The van der Waals surface area contributed by atoms with Gasteiger partial charge in [-0.25, -0.2) is 9.18 Å². The van der Waals surface area contributed by atoms with Crippen LogP contribution in [-0.4, -0.2) is 13.2 Å². The Bertz CT molecular complexity index is 370. The summed E-state index contributed by atoms with van der Waals surface area (Å²) < 4.78 is 22.6. The van der Waals surface area contributed by atoms with Gasteiger partial charge in [-0.2, -0.15) is 0 Å². The van der Waals surface area contributed by atoms with Crippen LogP contribution >= 0.6 is 15.9 Å². The summed E-state index contributed by atoms with van der Waals surface area (Å²) in [6.07, 6.45) is -1.02. The molecule has 0 spiro atoms. The maximum Gasteiger partial charge on any atom is 0.410 e. The molecule has 0 aromatic heterocycles. The smallest absolute Gasteiger partial charge is 0.410 e. The monoisotopic (exact) mass is 263 g/mol. The third-order valence-corrected chi connectivity index (χ3v) is 2.02. The van der Waals surface area contributed by atoms with Crippen molar-refractivity contribution in [3.8, 4) is 11.5 Å². The normalized spacial score (nSPS) is 9.64. The van der Waals surface area contributed by atoms with Crippen molar-refractivity contribution in [3.63, 3.8) is 0 Å². The second-order valence-corrected chi connectivity index (χ2v) is 3.19. The minimum Gasteiger partial charge on any atom is -0.493 e. The summed E-state index contributed by atoms with van der Waals surface area (Å²) >= 11 is 2.96. The van der Waals surface area contributed by atoms with E-state index in [9.17, 15) is 9.18 Å². The number of ether oxygens (including phenoxy) is 2. The van der Waals surface area contributed by atoms with E-state index in [-0.39, 0.29) is 16.0 Å². The molecule has 0 radical (unpaired) electrons. The molecular weight excluding hydrogens is 257 g/mol. The molecule has 0 aliphatic carbocycles. The van der Waals surface area contributed by atoms with Crippen molar-refractivity contribution in [3.05, 3.63) is 22.4 Å². The van der Waals surface area contributed by atoms with Crippen molar-refractivity contribution in [2.45, 2.75) is 0 Å². The average molecular weight is 264 g/mol. The Morgan fingerprint density at radius 3 is 2.64 bits per heavy atom. The molecule has 1 amide bonds. The van der Waals surface area contributed by atoms with Crippen LogP contribution in [-0.2, 0) is 0 Å². The molecule has 0 heterocycles. The van der Waals surface area contributed by atoms with Crippen LogP contribution < -0.4 is 15.2 Å². The zero-order valence-electron chi connectivity index (χ0n) is 7.21. The van der Waals surface area contributed by atoms with Gasteiger partial charge in [0.05, 0.1) is 11.6 Å². The summed E-state index contributed by atoms with van der Waals surface area (Å²) in [6.45, 7) is 0. The van der Waals surface area contributed by atoms with Crippen molar-refractivity contribution < 1.29 is 18.7 Å². The van der Waals surface area contributed by atoms with E-state index in [4.69, 9.17) is 10.5 Å². The zero-order chi connectivity index (χ0) is 10.7. The number of benzene rings is 1. The maximum absolute atomic E-state index is 13.0. The Hall–Kier alpha value is -1.30. The minimum atomic E-state index is -1.02. The second kappa shape index (κ2) is 4.28. The molecule has 6 heteroatoms. The topological polar surface area (TPSA) is 61.6 Å². The number of hydrogen-bond donors (Lipinski definition) is 1. The maximum atomic E-state index is 13.0. The first-order valence-electron chi connectivity index (χ1n) is 3.55. The van der Waals surface area contributed by atoms with Gasteiger partial charge < -0.3 is 15.2 Å². The lowest BCUT2D eigenvalue weighted by atomic mass is 10.3. The third-order valence-electron chi connectivity index (χ3n) is 1.42. The first-order valence-corrected chi connectivity index (χ1v) is 4.34. The Morgan fingerprint density at radius 2 is 2.14 bits per heavy atom. The van der Waals surface area contributed by atoms with Gasteiger partial charge in [0, 0.05) is 12.1 Å². The summed E-state index contributed by atoms with van der Waals surface area (Å²) in [6, 6.07) is 2.35. The predicted molar refractivity (Wildman–Crippen MR) is 50.9 cm³/mol. The lowest BCUT2D eigenvalue weighted by Crippen LogP contribution is -2.16. The average Bonchev–Trinajstić information content (AvgIpc) is 2.10. The molecule has 2 N–H and O–H groups in total. The van der Waals surface area contributed by atoms with Crippen molar-refractivity contribution in [1.29, 1.82) is 0 Å². The van der Waals surface area contributed by atoms with Gasteiger partial charge in [-0.1, -0.05) is 0 Å². The number of amides is 1. The van der Waals surface area contributed by atoms with Crippen molar-refractivity contribution in [1.82, 2.24) is 0 Å². The van der Waals surface area contributed by atoms with Crippen LogP contribution in [0, 0.1) is 5.82 Å². The fourth-order valence-electron chi connectivity index (χ4n) is 0.858. The number of hydrogen-bond acceptors (Lipinski definition) is 3. The van der Waals surface area contributed by atoms with E-state index in [2.05, 4.69) is 20.7 Å². The van der Waals surface area contributed by atoms with E-state index in [1.54, 1.807) is 0 Å². The molecule has 0 fully saturated rings. The number of methoxy groups -OCH3 is 1. The van der Waals surface area contributed by atoms with Gasteiger partial charge in [-0.15, -0.1) is 0 Å². The Morgan fingerprint density at radius 1 is 1.50 bits per heavy atom. The number of halogens is 2.